The van der Waals surface area contributed by atoms with E-state index in [0.29, 0.717) is 25.8 Å². The van der Waals surface area contributed by atoms with Crippen LogP contribution in [0.15, 0.2) is 4.99 Å². The molecule has 0 aromatic rings. The molecule has 4 atom stereocenters. The number of rotatable bonds is 20. The number of aliphatic imine (C=N–C) groups is 1. The maximum absolute atomic E-state index is 13.2. The standard InChI is InChI=1S/C23H45N9O6/c1-13(2)12-17(32-19(34)14(25)6-3-4-10-24)21(36)30-15(7-5-11-29-23(27)28)20(35)31-16(22(37)38)8-9-18(26)33/h13-17H,3-12,24-25H2,1-2H3,(H2,26,33)(H,30,36)(H,31,35)(H,32,34)(H,37,38)(H4,27,28,29). The molecule has 4 amide bonds. The van der Waals surface area contributed by atoms with Crippen molar-refractivity contribution < 1.29 is 29.1 Å². The third-order valence-corrected chi connectivity index (χ3v) is 5.52. The number of carboxylic acids is 1. The number of nitrogens with zero attached hydrogens (tertiary/aromatic N) is 1. The number of carboxylic acid groups (broad SMARTS) is 1. The largest absolute Gasteiger partial charge is 0.480 e. The van der Waals surface area contributed by atoms with E-state index in [1.807, 2.05) is 13.8 Å². The zero-order valence-corrected chi connectivity index (χ0v) is 22.3. The number of carbonyl (C=O) groups is 5. The van der Waals surface area contributed by atoms with Crippen LogP contribution in [0.5, 0.6) is 0 Å². The Labute approximate surface area is 223 Å². The van der Waals surface area contributed by atoms with Gasteiger partial charge in [0.25, 0.3) is 0 Å². The molecule has 38 heavy (non-hydrogen) atoms. The van der Waals surface area contributed by atoms with Gasteiger partial charge in [-0.1, -0.05) is 20.3 Å². The van der Waals surface area contributed by atoms with Crippen LogP contribution in [0.3, 0.4) is 0 Å². The van der Waals surface area contributed by atoms with Crippen molar-refractivity contribution in [3.05, 3.63) is 0 Å². The second-order valence-electron chi connectivity index (χ2n) is 9.50. The highest BCUT2D eigenvalue weighted by Crippen LogP contribution is 2.09. The second kappa shape index (κ2) is 18.7. The van der Waals surface area contributed by atoms with Crippen molar-refractivity contribution in [3.63, 3.8) is 0 Å². The van der Waals surface area contributed by atoms with Gasteiger partial charge in [-0.2, -0.15) is 0 Å². The lowest BCUT2D eigenvalue weighted by Gasteiger charge is -2.26. The van der Waals surface area contributed by atoms with Gasteiger partial charge >= 0.3 is 5.97 Å². The van der Waals surface area contributed by atoms with Crippen molar-refractivity contribution >= 4 is 35.6 Å². The number of guanidine groups is 1. The topological polar surface area (TPSA) is 284 Å². The van der Waals surface area contributed by atoms with Crippen molar-refractivity contribution in [2.24, 2.45) is 39.6 Å². The fourth-order valence-corrected chi connectivity index (χ4v) is 3.48. The summed E-state index contributed by atoms with van der Waals surface area (Å²) in [5.74, 6) is -4.14. The van der Waals surface area contributed by atoms with Gasteiger partial charge in [0.2, 0.25) is 23.6 Å². The maximum Gasteiger partial charge on any atom is 0.326 e. The number of nitrogens with one attached hydrogen (secondary N) is 3. The average Bonchev–Trinajstić information content (AvgIpc) is 2.82. The lowest BCUT2D eigenvalue weighted by atomic mass is 10.0. The van der Waals surface area contributed by atoms with E-state index < -0.39 is 53.8 Å². The van der Waals surface area contributed by atoms with Gasteiger partial charge in [0, 0.05) is 13.0 Å². The van der Waals surface area contributed by atoms with E-state index in [0.717, 1.165) is 0 Å². The molecule has 0 saturated heterocycles. The first-order valence-corrected chi connectivity index (χ1v) is 12.7. The molecule has 0 rings (SSSR count). The molecule has 0 fully saturated rings. The van der Waals surface area contributed by atoms with Crippen molar-refractivity contribution in [3.8, 4) is 0 Å². The lowest BCUT2D eigenvalue weighted by Crippen LogP contribution is -2.57. The van der Waals surface area contributed by atoms with Crippen molar-refractivity contribution in [1.82, 2.24) is 16.0 Å². The summed E-state index contributed by atoms with van der Waals surface area (Å²) in [7, 11) is 0. The van der Waals surface area contributed by atoms with Crippen molar-refractivity contribution in [2.45, 2.75) is 89.4 Å². The molecular formula is C23H45N9O6. The second-order valence-corrected chi connectivity index (χ2v) is 9.50. The molecule has 0 aliphatic rings. The van der Waals surface area contributed by atoms with Crippen molar-refractivity contribution in [1.29, 1.82) is 0 Å². The van der Waals surface area contributed by atoms with E-state index in [1.54, 1.807) is 0 Å². The third-order valence-electron chi connectivity index (χ3n) is 5.52. The van der Waals surface area contributed by atoms with E-state index in [-0.39, 0.29) is 50.5 Å². The van der Waals surface area contributed by atoms with Crippen LogP contribution in [0.1, 0.15) is 65.2 Å². The summed E-state index contributed by atoms with van der Waals surface area (Å²) in [5, 5.41) is 17.0. The molecular weight excluding hydrogens is 498 g/mol. The summed E-state index contributed by atoms with van der Waals surface area (Å²) in [6.45, 7) is 4.37. The summed E-state index contributed by atoms with van der Waals surface area (Å²) in [4.78, 5) is 65.2. The quantitative estimate of drug-likeness (QED) is 0.0436. The molecule has 218 valence electrons. The Morgan fingerprint density at radius 1 is 0.789 bits per heavy atom. The molecule has 0 bridgehead atoms. The van der Waals surface area contributed by atoms with Crippen LogP contribution >= 0.6 is 0 Å². The number of hydrogen-bond acceptors (Lipinski definition) is 8. The summed E-state index contributed by atoms with van der Waals surface area (Å²) in [6, 6.07) is -4.38. The van der Waals surface area contributed by atoms with Gasteiger partial charge in [-0.05, 0) is 51.0 Å². The fraction of sp³-hybridized carbons (Fsp3) is 0.739. The van der Waals surface area contributed by atoms with E-state index in [1.165, 1.54) is 0 Å². The molecule has 0 aliphatic heterocycles. The number of nitrogens with two attached hydrogens (primary N) is 5. The molecule has 0 aromatic carbocycles. The monoisotopic (exact) mass is 543 g/mol. The Balaban J connectivity index is 5.60. The Hall–Kier alpha value is -3.46. The molecule has 0 heterocycles. The molecule has 0 aromatic heterocycles. The van der Waals surface area contributed by atoms with Gasteiger partial charge in [0.1, 0.15) is 18.1 Å². The molecule has 0 radical (unpaired) electrons. The SMILES string of the molecule is CC(C)CC(NC(=O)C(N)CCCCN)C(=O)NC(CCCN=C(N)N)C(=O)NC(CCC(N)=O)C(=O)O. The molecule has 0 aliphatic carbocycles. The first kappa shape index (κ1) is 34.5. The molecule has 15 heteroatoms. The Morgan fingerprint density at radius 2 is 1.37 bits per heavy atom. The molecule has 15 nitrogen and oxygen atoms in total. The van der Waals surface area contributed by atoms with Gasteiger partial charge < -0.3 is 49.7 Å². The minimum absolute atomic E-state index is 0.0128. The first-order valence-electron chi connectivity index (χ1n) is 12.7. The molecule has 14 N–H and O–H groups in total. The smallest absolute Gasteiger partial charge is 0.326 e. The van der Waals surface area contributed by atoms with E-state index in [4.69, 9.17) is 28.7 Å². The average molecular weight is 544 g/mol. The number of hydrogen-bond donors (Lipinski definition) is 9. The van der Waals surface area contributed by atoms with Gasteiger partial charge in [-0.25, -0.2) is 4.79 Å². The number of carbonyl (C=O) groups excluding carboxylic acids is 4. The van der Waals surface area contributed by atoms with E-state index >= 15 is 0 Å². The Bertz CT molecular complexity index is 817. The highest BCUT2D eigenvalue weighted by atomic mass is 16.4. The first-order chi connectivity index (χ1) is 17.8. The zero-order chi connectivity index (χ0) is 29.3. The van der Waals surface area contributed by atoms with Crippen LogP contribution in [0.4, 0.5) is 0 Å². The molecule has 0 saturated carbocycles. The van der Waals surface area contributed by atoms with Crippen LogP contribution in [-0.4, -0.2) is 77.9 Å². The van der Waals surface area contributed by atoms with Gasteiger partial charge in [-0.15, -0.1) is 0 Å². The van der Waals surface area contributed by atoms with Crippen LogP contribution in [0.2, 0.25) is 0 Å². The maximum atomic E-state index is 13.2. The molecule has 4 unspecified atom stereocenters. The normalized spacial score (nSPS) is 14.0. The fourth-order valence-electron chi connectivity index (χ4n) is 3.48. The highest BCUT2D eigenvalue weighted by Gasteiger charge is 2.30. The Kier molecular flexibility index (Phi) is 17.0. The van der Waals surface area contributed by atoms with Gasteiger partial charge in [-0.3, -0.25) is 24.2 Å². The summed E-state index contributed by atoms with van der Waals surface area (Å²) >= 11 is 0. The molecule has 0 spiro atoms. The number of unbranched alkanes of at least 4 members (excludes halogenated alkanes) is 1. The van der Waals surface area contributed by atoms with Crippen LogP contribution in [0.25, 0.3) is 0 Å². The number of aliphatic carboxylic acids is 1. The highest BCUT2D eigenvalue weighted by molar-refractivity contribution is 5.94. The zero-order valence-electron chi connectivity index (χ0n) is 22.3. The predicted molar refractivity (Wildman–Crippen MR) is 142 cm³/mol. The summed E-state index contributed by atoms with van der Waals surface area (Å²) < 4.78 is 0. The van der Waals surface area contributed by atoms with E-state index in [9.17, 15) is 29.1 Å². The summed E-state index contributed by atoms with van der Waals surface area (Å²) in [5.41, 5.74) is 27.2. The number of amides is 4. The van der Waals surface area contributed by atoms with Gasteiger partial charge in [0.05, 0.1) is 6.04 Å². The summed E-state index contributed by atoms with van der Waals surface area (Å²) in [6.07, 6.45) is 1.91. The lowest BCUT2D eigenvalue weighted by molar-refractivity contribution is -0.142. The predicted octanol–water partition coefficient (Wildman–Crippen LogP) is -2.65. The minimum Gasteiger partial charge on any atom is -0.480 e. The third kappa shape index (κ3) is 15.6. The van der Waals surface area contributed by atoms with Gasteiger partial charge in [0.15, 0.2) is 5.96 Å². The van der Waals surface area contributed by atoms with Crippen LogP contribution in [0, 0.1) is 5.92 Å². The van der Waals surface area contributed by atoms with Crippen LogP contribution < -0.4 is 44.6 Å². The van der Waals surface area contributed by atoms with E-state index in [2.05, 4.69) is 20.9 Å². The number of primary amides is 1. The van der Waals surface area contributed by atoms with Crippen molar-refractivity contribution in [2.75, 3.05) is 13.1 Å². The minimum atomic E-state index is -1.40. The Morgan fingerprint density at radius 3 is 1.89 bits per heavy atom. The van der Waals surface area contributed by atoms with Crippen LogP contribution in [-0.2, 0) is 24.0 Å².